The number of Topliss-reactive ketones (excluding diaryl/α,β-unsaturated/α-hetero) is 1. The summed E-state index contributed by atoms with van der Waals surface area (Å²) in [5.74, 6) is -0.269. The van der Waals surface area contributed by atoms with E-state index in [1.807, 2.05) is 12.1 Å². The molecule has 0 N–H and O–H groups in total. The molecule has 2 aromatic rings. The molecule has 1 aliphatic heterocycles. The van der Waals surface area contributed by atoms with Gasteiger partial charge in [0.15, 0.2) is 5.78 Å². The quantitative estimate of drug-likeness (QED) is 0.656. The van der Waals surface area contributed by atoms with E-state index in [4.69, 9.17) is 11.6 Å². The van der Waals surface area contributed by atoms with Crippen LogP contribution in [0.2, 0.25) is 5.02 Å². The Morgan fingerprint density at radius 1 is 0.967 bits per heavy atom. The zero-order chi connectivity index (χ0) is 22.1. The maximum Gasteiger partial charge on any atom is 0.255 e. The molecule has 7 nitrogen and oxygen atoms in total. The fourth-order valence-corrected chi connectivity index (χ4v) is 4.41. The van der Waals surface area contributed by atoms with Gasteiger partial charge in [0, 0.05) is 51.5 Å². The Labute approximate surface area is 181 Å². The molecule has 1 heterocycles. The molecule has 0 spiro atoms. The summed E-state index contributed by atoms with van der Waals surface area (Å²) in [5, 5.41) is 0.222. The molecular formula is C21H24ClN3O4S. The number of benzene rings is 2. The maximum atomic E-state index is 13.0. The van der Waals surface area contributed by atoms with E-state index in [9.17, 15) is 18.0 Å². The van der Waals surface area contributed by atoms with Crippen LogP contribution >= 0.6 is 11.6 Å². The van der Waals surface area contributed by atoms with Crippen molar-refractivity contribution >= 4 is 39.0 Å². The number of carbonyl (C=O) groups is 2. The first-order valence-electron chi connectivity index (χ1n) is 9.48. The van der Waals surface area contributed by atoms with Crippen LogP contribution in [-0.2, 0) is 10.0 Å². The zero-order valence-electron chi connectivity index (χ0n) is 17.1. The SMILES string of the molecule is CC(=O)c1ccc(N2CCN(C(=O)c3cc(S(=O)(=O)N(C)C)ccc3Cl)CC2)cc1. The molecule has 0 aromatic heterocycles. The monoisotopic (exact) mass is 449 g/mol. The lowest BCUT2D eigenvalue weighted by Crippen LogP contribution is -2.48. The second kappa shape index (κ2) is 8.75. The number of piperazine rings is 1. The van der Waals surface area contributed by atoms with E-state index in [2.05, 4.69) is 4.90 Å². The molecule has 30 heavy (non-hydrogen) atoms. The number of rotatable bonds is 5. The standard InChI is InChI=1S/C21H24ClN3O4S/c1-15(26)16-4-6-17(7-5-16)24-10-12-25(13-11-24)21(27)19-14-18(8-9-20(19)22)30(28,29)23(2)3/h4-9,14H,10-13H2,1-3H3. The molecule has 1 amide bonds. The summed E-state index contributed by atoms with van der Waals surface area (Å²) in [7, 11) is -0.787. The molecule has 9 heteroatoms. The number of nitrogens with zero attached hydrogens (tertiary/aromatic N) is 3. The molecule has 1 saturated heterocycles. The smallest absolute Gasteiger partial charge is 0.255 e. The van der Waals surface area contributed by atoms with Crippen LogP contribution in [0.1, 0.15) is 27.6 Å². The van der Waals surface area contributed by atoms with Gasteiger partial charge in [-0.25, -0.2) is 12.7 Å². The Balaban J connectivity index is 1.73. The Morgan fingerprint density at radius 2 is 1.57 bits per heavy atom. The van der Waals surface area contributed by atoms with Crippen LogP contribution in [0.15, 0.2) is 47.4 Å². The third-order valence-electron chi connectivity index (χ3n) is 5.15. The van der Waals surface area contributed by atoms with Crippen molar-refractivity contribution in [3.8, 4) is 0 Å². The van der Waals surface area contributed by atoms with E-state index < -0.39 is 10.0 Å². The van der Waals surface area contributed by atoms with E-state index in [1.54, 1.807) is 17.0 Å². The van der Waals surface area contributed by atoms with Crippen LogP contribution in [0.3, 0.4) is 0 Å². The Morgan fingerprint density at radius 3 is 2.10 bits per heavy atom. The number of hydrogen-bond donors (Lipinski definition) is 0. The fraction of sp³-hybridized carbons (Fsp3) is 0.333. The van der Waals surface area contributed by atoms with Gasteiger partial charge in [0.25, 0.3) is 5.91 Å². The second-order valence-corrected chi connectivity index (χ2v) is 9.87. The molecule has 0 aliphatic carbocycles. The molecule has 0 unspecified atom stereocenters. The van der Waals surface area contributed by atoms with E-state index in [1.165, 1.54) is 39.2 Å². The average molecular weight is 450 g/mol. The first-order valence-corrected chi connectivity index (χ1v) is 11.3. The van der Waals surface area contributed by atoms with Crippen molar-refractivity contribution in [1.82, 2.24) is 9.21 Å². The molecule has 1 aliphatic rings. The summed E-state index contributed by atoms with van der Waals surface area (Å²) in [4.78, 5) is 28.3. The van der Waals surface area contributed by atoms with E-state index >= 15 is 0 Å². The highest BCUT2D eigenvalue weighted by Gasteiger charge is 2.26. The van der Waals surface area contributed by atoms with Crippen LogP contribution in [0.5, 0.6) is 0 Å². The number of ketones is 1. The van der Waals surface area contributed by atoms with Crippen molar-refractivity contribution in [3.63, 3.8) is 0 Å². The van der Waals surface area contributed by atoms with Gasteiger partial charge in [0.2, 0.25) is 10.0 Å². The van der Waals surface area contributed by atoms with Crippen molar-refractivity contribution in [3.05, 3.63) is 58.6 Å². The van der Waals surface area contributed by atoms with Crippen LogP contribution < -0.4 is 4.90 Å². The zero-order valence-corrected chi connectivity index (χ0v) is 18.7. The van der Waals surface area contributed by atoms with Crippen molar-refractivity contribution in [2.75, 3.05) is 45.2 Å². The molecule has 0 radical (unpaired) electrons. The van der Waals surface area contributed by atoms with Crippen molar-refractivity contribution in [2.45, 2.75) is 11.8 Å². The van der Waals surface area contributed by atoms with Gasteiger partial charge in [0.1, 0.15) is 0 Å². The molecule has 0 bridgehead atoms. The van der Waals surface area contributed by atoms with Gasteiger partial charge < -0.3 is 9.80 Å². The summed E-state index contributed by atoms with van der Waals surface area (Å²) in [6.07, 6.45) is 0. The number of sulfonamides is 1. The minimum absolute atomic E-state index is 0.0207. The first-order chi connectivity index (χ1) is 14.1. The van der Waals surface area contributed by atoms with Crippen molar-refractivity contribution < 1.29 is 18.0 Å². The lowest BCUT2D eigenvalue weighted by Gasteiger charge is -2.36. The van der Waals surface area contributed by atoms with Crippen LogP contribution in [0.25, 0.3) is 0 Å². The van der Waals surface area contributed by atoms with Crippen molar-refractivity contribution in [2.24, 2.45) is 0 Å². The average Bonchev–Trinajstić information content (AvgIpc) is 2.73. The highest BCUT2D eigenvalue weighted by Crippen LogP contribution is 2.25. The van der Waals surface area contributed by atoms with E-state index in [-0.39, 0.29) is 27.2 Å². The Hall–Kier alpha value is -2.42. The minimum atomic E-state index is -3.66. The van der Waals surface area contributed by atoms with Gasteiger partial charge in [-0.1, -0.05) is 11.6 Å². The first kappa shape index (κ1) is 22.3. The largest absolute Gasteiger partial charge is 0.368 e. The van der Waals surface area contributed by atoms with Crippen LogP contribution in [0, 0.1) is 0 Å². The summed E-state index contributed by atoms with van der Waals surface area (Å²) >= 11 is 6.21. The molecule has 0 saturated carbocycles. The summed E-state index contributed by atoms with van der Waals surface area (Å²) in [6, 6.07) is 11.6. The number of anilines is 1. The third-order valence-corrected chi connectivity index (χ3v) is 7.29. The number of amides is 1. The molecule has 1 fully saturated rings. The Bertz CT molecular complexity index is 1060. The highest BCUT2D eigenvalue weighted by molar-refractivity contribution is 7.89. The highest BCUT2D eigenvalue weighted by atomic mass is 35.5. The van der Waals surface area contributed by atoms with Gasteiger partial charge in [-0.15, -0.1) is 0 Å². The summed E-state index contributed by atoms with van der Waals surface area (Å²) in [6.45, 7) is 3.74. The number of carbonyl (C=O) groups excluding carboxylic acids is 2. The van der Waals surface area contributed by atoms with Crippen LogP contribution in [-0.4, -0.2) is 69.6 Å². The van der Waals surface area contributed by atoms with E-state index in [0.29, 0.717) is 31.7 Å². The fourth-order valence-electron chi connectivity index (χ4n) is 3.28. The lowest BCUT2D eigenvalue weighted by atomic mass is 10.1. The van der Waals surface area contributed by atoms with Gasteiger partial charge in [0.05, 0.1) is 15.5 Å². The maximum absolute atomic E-state index is 13.0. The topological polar surface area (TPSA) is 78.0 Å². The van der Waals surface area contributed by atoms with Gasteiger partial charge >= 0.3 is 0 Å². The van der Waals surface area contributed by atoms with Gasteiger partial charge in [-0.3, -0.25) is 9.59 Å². The van der Waals surface area contributed by atoms with Crippen molar-refractivity contribution in [1.29, 1.82) is 0 Å². The number of hydrogen-bond acceptors (Lipinski definition) is 5. The normalized spacial score (nSPS) is 14.8. The molecule has 3 rings (SSSR count). The summed E-state index contributed by atoms with van der Waals surface area (Å²) in [5.41, 5.74) is 1.83. The predicted octanol–water partition coefficient (Wildman–Crippen LogP) is 2.76. The molecule has 2 aromatic carbocycles. The second-order valence-electron chi connectivity index (χ2n) is 7.31. The van der Waals surface area contributed by atoms with Crippen LogP contribution in [0.4, 0.5) is 5.69 Å². The number of halogens is 1. The molecule has 160 valence electrons. The predicted molar refractivity (Wildman–Crippen MR) is 117 cm³/mol. The molecule has 0 atom stereocenters. The Kier molecular flexibility index (Phi) is 6.50. The van der Waals surface area contributed by atoms with Gasteiger partial charge in [-0.2, -0.15) is 0 Å². The third kappa shape index (κ3) is 4.50. The minimum Gasteiger partial charge on any atom is -0.368 e. The summed E-state index contributed by atoms with van der Waals surface area (Å²) < 4.78 is 25.9. The lowest BCUT2D eigenvalue weighted by molar-refractivity contribution is 0.0746. The van der Waals surface area contributed by atoms with E-state index in [0.717, 1.165) is 9.99 Å². The van der Waals surface area contributed by atoms with Gasteiger partial charge in [-0.05, 0) is 49.4 Å². The molecular weight excluding hydrogens is 426 g/mol.